The van der Waals surface area contributed by atoms with E-state index >= 15 is 0 Å². The van der Waals surface area contributed by atoms with Crippen LogP contribution >= 0.6 is 24.0 Å². The molecule has 1 amide bonds. The minimum atomic E-state index is -0.944. The summed E-state index contributed by atoms with van der Waals surface area (Å²) in [7, 11) is -0.944. The summed E-state index contributed by atoms with van der Waals surface area (Å²) in [6.07, 6.45) is 0.450. The first kappa shape index (κ1) is 26.7. The molecule has 7 nitrogen and oxygen atoms in total. The monoisotopic (exact) mass is 550 g/mol. The maximum absolute atomic E-state index is 12.3. The van der Waals surface area contributed by atoms with Gasteiger partial charge in [-0.25, -0.2) is 4.79 Å². The number of benzene rings is 1. The standard InChI is InChI=1S/C21H34N4O3S.HI/c1-5-22-19(23-12-14-29(27)16-17-9-7-6-8-10-17)25-13-11-18(15-25)24-20(26)28-21(2,3)4;/h6-10,18H,5,11-16H2,1-4H3,(H,22,23)(H,24,26);1H. The third-order valence-corrected chi connectivity index (χ3v) is 5.59. The third kappa shape index (κ3) is 10.1. The quantitative estimate of drug-likeness (QED) is 0.310. The molecule has 2 N–H and O–H groups in total. The molecule has 0 saturated carbocycles. The van der Waals surface area contributed by atoms with Gasteiger partial charge < -0.3 is 20.3 Å². The highest BCUT2D eigenvalue weighted by Crippen LogP contribution is 2.12. The predicted molar refractivity (Wildman–Crippen MR) is 134 cm³/mol. The highest BCUT2D eigenvalue weighted by Gasteiger charge is 2.27. The van der Waals surface area contributed by atoms with Crippen LogP contribution in [0.5, 0.6) is 0 Å². The van der Waals surface area contributed by atoms with E-state index in [4.69, 9.17) is 4.74 Å². The van der Waals surface area contributed by atoms with Gasteiger partial charge in [0.15, 0.2) is 5.96 Å². The maximum Gasteiger partial charge on any atom is 0.407 e. The van der Waals surface area contributed by atoms with Crippen molar-refractivity contribution >= 4 is 46.8 Å². The second-order valence-electron chi connectivity index (χ2n) is 8.09. The number of guanidine groups is 1. The average Bonchev–Trinajstić information content (AvgIpc) is 3.08. The number of carbonyl (C=O) groups excluding carboxylic acids is 1. The summed E-state index contributed by atoms with van der Waals surface area (Å²) in [6, 6.07) is 9.90. The van der Waals surface area contributed by atoms with Gasteiger partial charge in [-0.15, -0.1) is 24.0 Å². The van der Waals surface area contributed by atoms with Crippen molar-refractivity contribution < 1.29 is 13.7 Å². The highest BCUT2D eigenvalue weighted by atomic mass is 127. The van der Waals surface area contributed by atoms with E-state index in [1.54, 1.807) is 0 Å². The second kappa shape index (κ2) is 13.1. The maximum atomic E-state index is 12.3. The van der Waals surface area contributed by atoms with Crippen LogP contribution in [0.2, 0.25) is 0 Å². The molecule has 1 aliphatic heterocycles. The van der Waals surface area contributed by atoms with Crippen LogP contribution in [0, 0.1) is 0 Å². The molecule has 2 atom stereocenters. The summed E-state index contributed by atoms with van der Waals surface area (Å²) >= 11 is 0. The topological polar surface area (TPSA) is 83.0 Å². The Morgan fingerprint density at radius 1 is 1.30 bits per heavy atom. The first-order valence-electron chi connectivity index (χ1n) is 10.2. The fraction of sp³-hybridized carbons (Fsp3) is 0.619. The average molecular weight is 551 g/mol. The fourth-order valence-corrected chi connectivity index (χ4v) is 4.06. The SMILES string of the molecule is CCNC(=NCCS(=O)Cc1ccccc1)N1CCC(NC(=O)OC(C)(C)C)C1.I. The summed E-state index contributed by atoms with van der Waals surface area (Å²) in [5.74, 6) is 1.88. The van der Waals surface area contributed by atoms with Gasteiger partial charge in [-0.3, -0.25) is 9.20 Å². The number of amides is 1. The number of rotatable bonds is 7. The van der Waals surface area contributed by atoms with Crippen LogP contribution in [0.1, 0.15) is 39.7 Å². The van der Waals surface area contributed by atoms with Crippen molar-refractivity contribution in [3.8, 4) is 0 Å². The van der Waals surface area contributed by atoms with Gasteiger partial charge in [0.05, 0.1) is 12.6 Å². The number of hydrogen-bond acceptors (Lipinski definition) is 4. The summed E-state index contributed by atoms with van der Waals surface area (Å²) < 4.78 is 17.6. The Morgan fingerprint density at radius 3 is 2.63 bits per heavy atom. The van der Waals surface area contributed by atoms with Crippen LogP contribution in [0.15, 0.2) is 35.3 Å². The zero-order valence-electron chi connectivity index (χ0n) is 18.3. The zero-order chi connectivity index (χ0) is 21.3. The van der Waals surface area contributed by atoms with Crippen LogP contribution in [0.25, 0.3) is 0 Å². The van der Waals surface area contributed by atoms with Crippen molar-refractivity contribution in [2.45, 2.75) is 51.5 Å². The number of alkyl carbamates (subject to hydrolysis) is 1. The molecule has 1 aromatic rings. The van der Waals surface area contributed by atoms with Crippen molar-refractivity contribution in [2.24, 2.45) is 4.99 Å². The lowest BCUT2D eigenvalue weighted by Gasteiger charge is -2.23. The van der Waals surface area contributed by atoms with E-state index in [-0.39, 0.29) is 36.1 Å². The van der Waals surface area contributed by atoms with Gasteiger partial charge in [-0.2, -0.15) is 0 Å². The van der Waals surface area contributed by atoms with Gasteiger partial charge in [-0.1, -0.05) is 30.3 Å². The molecule has 170 valence electrons. The molecule has 2 rings (SSSR count). The first-order chi connectivity index (χ1) is 13.8. The lowest BCUT2D eigenvalue weighted by atomic mass is 10.2. The Hall–Kier alpha value is -1.36. The Balaban J connectivity index is 0.00000450. The van der Waals surface area contributed by atoms with Crippen molar-refractivity contribution in [3.05, 3.63) is 35.9 Å². The normalized spacial score (nSPS) is 17.8. The van der Waals surface area contributed by atoms with Gasteiger partial charge in [0.2, 0.25) is 0 Å². The Labute approximate surface area is 199 Å². The van der Waals surface area contributed by atoms with E-state index in [2.05, 4.69) is 20.5 Å². The van der Waals surface area contributed by atoms with Crippen LogP contribution in [0.3, 0.4) is 0 Å². The Morgan fingerprint density at radius 2 is 2.00 bits per heavy atom. The van der Waals surface area contributed by atoms with E-state index in [0.29, 0.717) is 24.6 Å². The van der Waals surface area contributed by atoms with Crippen LogP contribution < -0.4 is 10.6 Å². The molecular formula is C21H35IN4O3S. The van der Waals surface area contributed by atoms with Crippen molar-refractivity contribution in [2.75, 3.05) is 31.9 Å². The third-order valence-electron chi connectivity index (χ3n) is 4.29. The molecule has 0 spiro atoms. The second-order valence-corrected chi connectivity index (χ2v) is 9.66. The number of nitrogens with one attached hydrogen (secondary N) is 2. The van der Waals surface area contributed by atoms with Crippen LogP contribution in [-0.4, -0.2) is 64.7 Å². The van der Waals surface area contributed by atoms with E-state index in [9.17, 15) is 9.00 Å². The number of carbonyl (C=O) groups is 1. The van der Waals surface area contributed by atoms with Crippen LogP contribution in [0.4, 0.5) is 4.79 Å². The number of nitrogens with zero attached hydrogens (tertiary/aromatic N) is 2. The van der Waals surface area contributed by atoms with E-state index in [1.165, 1.54) is 0 Å². The number of hydrogen-bond donors (Lipinski definition) is 2. The van der Waals surface area contributed by atoms with Crippen molar-refractivity contribution in [1.82, 2.24) is 15.5 Å². The van der Waals surface area contributed by atoms with Gasteiger partial charge in [-0.05, 0) is 39.7 Å². The van der Waals surface area contributed by atoms with Crippen LogP contribution in [-0.2, 0) is 21.3 Å². The smallest absolute Gasteiger partial charge is 0.407 e. The Kier molecular flexibility index (Phi) is 11.7. The van der Waals surface area contributed by atoms with E-state index < -0.39 is 16.4 Å². The fourth-order valence-electron chi connectivity index (χ4n) is 3.06. The summed E-state index contributed by atoms with van der Waals surface area (Å²) in [5, 5.41) is 6.22. The minimum absolute atomic E-state index is 0. The molecule has 1 heterocycles. The molecule has 0 radical (unpaired) electrons. The molecule has 0 aromatic heterocycles. The van der Waals surface area contributed by atoms with Crippen molar-refractivity contribution in [1.29, 1.82) is 0 Å². The van der Waals surface area contributed by atoms with Gasteiger partial charge >= 0.3 is 6.09 Å². The molecular weight excluding hydrogens is 515 g/mol. The summed E-state index contributed by atoms with van der Waals surface area (Å²) in [5.41, 5.74) is 0.575. The first-order valence-corrected chi connectivity index (χ1v) is 11.7. The molecule has 1 saturated heterocycles. The Bertz CT molecular complexity index is 710. The lowest BCUT2D eigenvalue weighted by molar-refractivity contribution is 0.0507. The molecule has 2 unspecified atom stereocenters. The summed E-state index contributed by atoms with van der Waals surface area (Å²) in [6.45, 7) is 10.3. The summed E-state index contributed by atoms with van der Waals surface area (Å²) in [4.78, 5) is 18.8. The largest absolute Gasteiger partial charge is 0.444 e. The predicted octanol–water partition coefficient (Wildman–Crippen LogP) is 3.12. The molecule has 1 aliphatic rings. The van der Waals surface area contributed by atoms with Gasteiger partial charge in [0.1, 0.15) is 5.60 Å². The molecule has 1 aromatic carbocycles. The number of halogens is 1. The van der Waals surface area contributed by atoms with E-state index in [1.807, 2.05) is 58.0 Å². The number of likely N-dealkylation sites (tertiary alicyclic amines) is 1. The molecule has 30 heavy (non-hydrogen) atoms. The van der Waals surface area contributed by atoms with E-state index in [0.717, 1.165) is 31.0 Å². The molecule has 0 bridgehead atoms. The van der Waals surface area contributed by atoms with Gasteiger partial charge in [0.25, 0.3) is 0 Å². The lowest BCUT2D eigenvalue weighted by Crippen LogP contribution is -2.44. The number of ether oxygens (including phenoxy) is 1. The molecule has 0 aliphatic carbocycles. The highest BCUT2D eigenvalue weighted by molar-refractivity contribution is 14.0. The zero-order valence-corrected chi connectivity index (χ0v) is 21.5. The number of aliphatic imine (C=N–C) groups is 1. The van der Waals surface area contributed by atoms with Gasteiger partial charge in [0, 0.05) is 41.9 Å². The van der Waals surface area contributed by atoms with Crippen molar-refractivity contribution in [3.63, 3.8) is 0 Å². The molecule has 9 heteroatoms. The minimum Gasteiger partial charge on any atom is -0.444 e. The molecule has 1 fully saturated rings.